The molecule has 28 heteroatoms. The molecule has 0 saturated carbocycles. The molecule has 4 aromatic heterocycles. The maximum Gasteiger partial charge on any atom is 0.338 e. The molecule has 0 saturated heterocycles. The topological polar surface area (TPSA) is 325 Å². The van der Waals surface area contributed by atoms with Crippen molar-refractivity contribution in [2.45, 2.75) is 69.2 Å². The second-order valence-electron chi connectivity index (χ2n) is 29.2. The molecule has 0 radical (unpaired) electrons. The second kappa shape index (κ2) is 44.5. The summed E-state index contributed by atoms with van der Waals surface area (Å²) >= 11 is 12.1. The van der Waals surface area contributed by atoms with E-state index in [-0.39, 0.29) is 7.40 Å². The zero-order valence-electron chi connectivity index (χ0n) is 71.9. The summed E-state index contributed by atoms with van der Waals surface area (Å²) in [6, 6.07) is 93.4. The Morgan fingerprint density at radius 1 is 0.273 bits per heavy atom. The van der Waals surface area contributed by atoms with Crippen LogP contribution in [0.1, 0.15) is 75.7 Å². The SMILES string of the molecule is CC#CC#Cc1ccccc1Nc1nc(Nc2cccc(C)c2)nc(Nc2cccc(C)c2)n1.CCOC(=O)c1ccc(Nc2nc(Nc3cccc(C)c3)nc(Nc3cccc(C)c3)n2)cc1.Cc1cccc(Nc2nc(Nc3ccc(Cl)cc3)nc(Nc3cccc(C)c3)n2)c1.Cc1cccc(Nc2nc(Nc3cccc(C)c3)nc(Nc3cccc(Cl)c3)n2)c1.[HH]. The fraction of sp³-hybridized carbons (Fsp3) is 0.110. The van der Waals surface area contributed by atoms with E-state index in [0.29, 0.717) is 93.6 Å². The molecule has 640 valence electrons. The lowest BCUT2D eigenvalue weighted by Crippen LogP contribution is -2.08. The highest BCUT2D eigenvalue weighted by atomic mass is 35.5. The van der Waals surface area contributed by atoms with Crippen LogP contribution in [0.15, 0.2) is 291 Å². The first-order valence-electron chi connectivity index (χ1n) is 40.8. The average Bonchev–Trinajstić information content (AvgIpc) is 0.862. The molecule has 0 fully saturated rings. The van der Waals surface area contributed by atoms with Gasteiger partial charge in [-0.15, -0.1) is 0 Å². The Balaban J connectivity index is 0.000000156. The third-order valence-electron chi connectivity index (χ3n) is 18.1. The zero-order chi connectivity index (χ0) is 89.5. The Morgan fingerprint density at radius 3 is 0.773 bits per heavy atom. The first-order chi connectivity index (χ1) is 62.1. The maximum absolute atomic E-state index is 11.9. The van der Waals surface area contributed by atoms with Gasteiger partial charge in [-0.2, -0.15) is 59.8 Å². The molecule has 128 heavy (non-hydrogen) atoms. The highest BCUT2D eigenvalue weighted by molar-refractivity contribution is 6.31. The Labute approximate surface area is 755 Å². The molecule has 0 amide bonds. The summed E-state index contributed by atoms with van der Waals surface area (Å²) in [7, 11) is 0. The summed E-state index contributed by atoms with van der Waals surface area (Å²) in [4.78, 5) is 66.4. The number of anilines is 24. The monoisotopic (exact) mass is 1730 g/mol. The van der Waals surface area contributed by atoms with Crippen molar-refractivity contribution in [3.05, 3.63) is 357 Å². The number of benzene rings is 12. The summed E-state index contributed by atoms with van der Waals surface area (Å²) < 4.78 is 5.04. The van der Waals surface area contributed by atoms with E-state index in [1.165, 1.54) is 0 Å². The normalized spacial score (nSPS) is 10.3. The standard InChI is InChI=1S/C28H24N6.C26H26N6O2.2C23H21ClN6.H2/c1-4-5-6-13-22-14-7-8-17-25(22)31-28-33-26(29-23-15-9-11-20(2)18-23)32-27(34-28)30-24-16-10-12-21(3)19-24;1-4-34-23(33)19-11-13-20(14-12-19)27-24-30-25(28-21-9-5-7-17(2)15-21)32-26(31-24)29-22-10-6-8-18(3)16-22;1-15-6-3-9-18(12-15)25-21-28-22(26-19-10-4-7-16(2)13-19)30-23(29-21)27-20-11-5-8-17(24)14-20;1-15-5-3-7-19(13-15)26-22-28-21(25-18-11-9-17(24)10-12-18)29-23(30-22)27-20-8-4-6-16(2)14-20;/h7-12,14-19H,1-3H3,(H3,29,30,31,32,33,34);5-16H,4H2,1-3H3,(H3,27,28,29,30,31,32);2*3-14H,1-2H3,(H3,25,26,27,28,29,30);1H. The number of esters is 1. The van der Waals surface area contributed by atoms with Crippen LogP contribution in [0.3, 0.4) is 0 Å². The number of carbonyl (C=O) groups excluding carboxylic acids is 1. The highest BCUT2D eigenvalue weighted by Crippen LogP contribution is 2.30. The van der Waals surface area contributed by atoms with E-state index in [1.807, 2.05) is 322 Å². The fourth-order valence-corrected chi connectivity index (χ4v) is 12.7. The molecule has 16 aromatic rings. The van der Waals surface area contributed by atoms with Gasteiger partial charge in [-0.3, -0.25) is 0 Å². The van der Waals surface area contributed by atoms with Gasteiger partial charge in [0.15, 0.2) is 0 Å². The predicted octanol–water partition coefficient (Wildman–Crippen LogP) is 25.0. The van der Waals surface area contributed by atoms with Gasteiger partial charge in [0.2, 0.25) is 71.4 Å². The average molecular weight is 1730 g/mol. The Hall–Kier alpha value is -16.6. The fourth-order valence-electron chi connectivity index (χ4n) is 12.4. The number of para-hydroxylation sites is 1. The van der Waals surface area contributed by atoms with Crippen molar-refractivity contribution in [3.63, 3.8) is 0 Å². The van der Waals surface area contributed by atoms with Crippen LogP contribution in [0.2, 0.25) is 10.0 Å². The minimum atomic E-state index is -0.358. The van der Waals surface area contributed by atoms with Crippen molar-refractivity contribution in [1.29, 1.82) is 0 Å². The van der Waals surface area contributed by atoms with Crippen molar-refractivity contribution in [3.8, 4) is 23.7 Å². The van der Waals surface area contributed by atoms with Gasteiger partial charge in [0.25, 0.3) is 0 Å². The van der Waals surface area contributed by atoms with Gasteiger partial charge >= 0.3 is 5.97 Å². The van der Waals surface area contributed by atoms with Crippen LogP contribution in [0, 0.1) is 79.1 Å². The lowest BCUT2D eigenvalue weighted by Gasteiger charge is -2.13. The number of rotatable bonds is 26. The Kier molecular flexibility index (Phi) is 31.0. The highest BCUT2D eigenvalue weighted by Gasteiger charge is 2.17. The number of carbonyl (C=O) groups is 1. The van der Waals surface area contributed by atoms with E-state index in [1.54, 1.807) is 38.1 Å². The van der Waals surface area contributed by atoms with Crippen LogP contribution in [0.25, 0.3) is 0 Å². The van der Waals surface area contributed by atoms with Crippen molar-refractivity contribution in [1.82, 2.24) is 59.8 Å². The van der Waals surface area contributed by atoms with E-state index in [9.17, 15) is 4.79 Å². The molecule has 12 N–H and O–H groups in total. The largest absolute Gasteiger partial charge is 0.462 e. The third-order valence-corrected chi connectivity index (χ3v) is 18.6. The van der Waals surface area contributed by atoms with Crippen molar-refractivity contribution < 1.29 is 11.0 Å². The lowest BCUT2D eigenvalue weighted by atomic mass is 10.2. The summed E-state index contributed by atoms with van der Waals surface area (Å²) in [5.41, 5.74) is 20.6. The molecule has 12 aromatic carbocycles. The van der Waals surface area contributed by atoms with E-state index in [4.69, 9.17) is 27.9 Å². The molecule has 0 aliphatic carbocycles. The molecule has 4 heterocycles. The van der Waals surface area contributed by atoms with Gasteiger partial charge < -0.3 is 68.5 Å². The molecule has 0 atom stereocenters. The van der Waals surface area contributed by atoms with E-state index >= 15 is 0 Å². The quantitative estimate of drug-likeness (QED) is 0.0177. The number of ether oxygens (including phenoxy) is 1. The summed E-state index contributed by atoms with van der Waals surface area (Å²) in [6.45, 7) is 20.1. The van der Waals surface area contributed by atoms with Gasteiger partial charge in [0.1, 0.15) is 0 Å². The summed E-state index contributed by atoms with van der Waals surface area (Å²) in [5.74, 6) is 16.0. The second-order valence-corrected chi connectivity index (χ2v) is 30.0. The van der Waals surface area contributed by atoms with Crippen molar-refractivity contribution in [2.75, 3.05) is 70.4 Å². The molecular weight excluding hydrogens is 1640 g/mol. The van der Waals surface area contributed by atoms with E-state index < -0.39 is 0 Å². The number of aryl methyl sites for hydroxylation is 8. The first-order valence-corrected chi connectivity index (χ1v) is 41.5. The van der Waals surface area contributed by atoms with Crippen molar-refractivity contribution in [2.24, 2.45) is 0 Å². The van der Waals surface area contributed by atoms with Gasteiger partial charge in [0.05, 0.1) is 17.9 Å². The minimum absolute atomic E-state index is 0. The maximum atomic E-state index is 11.9. The van der Waals surface area contributed by atoms with E-state index in [2.05, 4.69) is 147 Å². The Morgan fingerprint density at radius 2 is 0.516 bits per heavy atom. The molecule has 0 spiro atoms. The minimum Gasteiger partial charge on any atom is -0.462 e. The van der Waals surface area contributed by atoms with Crippen LogP contribution in [-0.2, 0) is 4.74 Å². The smallest absolute Gasteiger partial charge is 0.338 e. The Bertz CT molecular complexity index is 6310. The van der Waals surface area contributed by atoms with E-state index in [0.717, 1.165) is 118 Å². The third kappa shape index (κ3) is 28.5. The number of halogens is 2. The van der Waals surface area contributed by atoms with Crippen LogP contribution < -0.4 is 63.8 Å². The molecule has 26 nitrogen and oxygen atoms in total. The molecule has 0 bridgehead atoms. The van der Waals surface area contributed by atoms with Crippen LogP contribution in [-0.4, -0.2) is 72.4 Å². The van der Waals surface area contributed by atoms with Crippen molar-refractivity contribution >= 4 is 169 Å². The lowest BCUT2D eigenvalue weighted by molar-refractivity contribution is 0.0526. The summed E-state index contributed by atoms with van der Waals surface area (Å²) in [5, 5.41) is 40.2. The van der Waals surface area contributed by atoms with Crippen LogP contribution >= 0.6 is 23.2 Å². The van der Waals surface area contributed by atoms with Gasteiger partial charge in [0, 0.05) is 79.6 Å². The number of hydrogen-bond acceptors (Lipinski definition) is 26. The summed E-state index contributed by atoms with van der Waals surface area (Å²) in [6.07, 6.45) is 0. The molecule has 0 aliphatic rings. The first kappa shape index (κ1) is 89.2. The predicted molar refractivity (Wildman–Crippen MR) is 522 cm³/mol. The number of nitrogens with zero attached hydrogens (tertiary/aromatic N) is 12. The number of aromatic nitrogens is 12. The number of nitrogens with one attached hydrogen (secondary N) is 12. The molecule has 0 unspecified atom stereocenters. The number of hydrogen-bond donors (Lipinski definition) is 12. The van der Waals surface area contributed by atoms with Gasteiger partial charge in [-0.05, 0) is 302 Å². The molecule has 16 rings (SSSR count). The molecular formula is C100H94Cl2N24O2. The zero-order valence-corrected chi connectivity index (χ0v) is 73.4. The van der Waals surface area contributed by atoms with Gasteiger partial charge in [-0.1, -0.05) is 150 Å². The van der Waals surface area contributed by atoms with Crippen LogP contribution in [0.4, 0.5) is 140 Å². The molecule has 0 aliphatic heterocycles. The van der Waals surface area contributed by atoms with Crippen LogP contribution in [0.5, 0.6) is 0 Å². The van der Waals surface area contributed by atoms with Gasteiger partial charge in [-0.25, -0.2) is 4.79 Å².